The monoisotopic (exact) mass is 201 g/mol. The molecule has 0 atom stereocenters. The topological polar surface area (TPSA) is 70.2 Å². The molecule has 0 radical (unpaired) electrons. The van der Waals surface area contributed by atoms with E-state index < -0.39 is 0 Å². The van der Waals surface area contributed by atoms with Crippen molar-refractivity contribution in [2.75, 3.05) is 19.6 Å². The highest BCUT2D eigenvalue weighted by atomic mass is 16.2. The first-order valence-electron chi connectivity index (χ1n) is 4.93. The Morgan fingerprint density at radius 1 is 1.00 bits per heavy atom. The molecule has 0 heterocycles. The summed E-state index contributed by atoms with van der Waals surface area (Å²) in [7, 11) is 0. The van der Waals surface area contributed by atoms with Crippen LogP contribution in [0.5, 0.6) is 0 Å². The lowest BCUT2D eigenvalue weighted by molar-refractivity contribution is -0.118. The zero-order valence-electron chi connectivity index (χ0n) is 8.85. The van der Waals surface area contributed by atoms with E-state index in [4.69, 9.17) is 0 Å². The van der Waals surface area contributed by atoms with Crippen LogP contribution in [0.25, 0.3) is 0 Å². The van der Waals surface area contributed by atoms with E-state index in [1.165, 1.54) is 6.92 Å². The molecule has 0 aliphatic rings. The normalized spacial score (nSPS) is 9.29. The minimum atomic E-state index is -0.144. The Bertz CT molecular complexity index is 183. The molecule has 0 saturated heterocycles. The highest BCUT2D eigenvalue weighted by Crippen LogP contribution is 1.75. The number of carbonyl (C=O) groups excluding carboxylic acids is 2. The van der Waals surface area contributed by atoms with Crippen molar-refractivity contribution in [1.82, 2.24) is 16.0 Å². The van der Waals surface area contributed by atoms with Crippen LogP contribution >= 0.6 is 0 Å². The predicted molar refractivity (Wildman–Crippen MR) is 55.0 cm³/mol. The van der Waals surface area contributed by atoms with Crippen molar-refractivity contribution < 1.29 is 9.59 Å². The summed E-state index contributed by atoms with van der Waals surface area (Å²) in [4.78, 5) is 21.5. The van der Waals surface area contributed by atoms with Gasteiger partial charge in [0.05, 0.1) is 0 Å². The molecule has 5 heteroatoms. The van der Waals surface area contributed by atoms with E-state index >= 15 is 0 Å². The van der Waals surface area contributed by atoms with Gasteiger partial charge in [-0.15, -0.1) is 0 Å². The fourth-order valence-electron chi connectivity index (χ4n) is 0.856. The van der Waals surface area contributed by atoms with Crippen molar-refractivity contribution in [3.8, 4) is 0 Å². The average molecular weight is 201 g/mol. The molecule has 0 aliphatic heterocycles. The fraction of sp³-hybridized carbons (Fsp3) is 0.778. The Morgan fingerprint density at radius 2 is 1.57 bits per heavy atom. The van der Waals surface area contributed by atoms with Gasteiger partial charge in [-0.1, -0.05) is 6.92 Å². The molecule has 0 rings (SSSR count). The molecule has 0 spiro atoms. The molecule has 0 aromatic heterocycles. The largest absolute Gasteiger partial charge is 0.356 e. The predicted octanol–water partition coefficient (Wildman–Crippen LogP) is 0.222. The quantitative estimate of drug-likeness (QED) is 0.538. The maximum Gasteiger partial charge on any atom is 0.314 e. The first-order valence-corrected chi connectivity index (χ1v) is 4.93. The van der Waals surface area contributed by atoms with E-state index in [0.29, 0.717) is 19.6 Å². The summed E-state index contributed by atoms with van der Waals surface area (Å²) in [5.74, 6) is -0.0413. The molecule has 3 amide bonds. The fourth-order valence-corrected chi connectivity index (χ4v) is 0.856. The molecular formula is C9H19N3O2. The van der Waals surface area contributed by atoms with E-state index in [1.807, 2.05) is 6.92 Å². The minimum absolute atomic E-state index is 0.0413. The highest BCUT2D eigenvalue weighted by Gasteiger charge is 1.96. The molecule has 0 unspecified atom stereocenters. The molecule has 0 aliphatic carbocycles. The van der Waals surface area contributed by atoms with Crippen LogP contribution in [0, 0.1) is 0 Å². The zero-order valence-corrected chi connectivity index (χ0v) is 8.85. The molecule has 0 saturated carbocycles. The van der Waals surface area contributed by atoms with Gasteiger partial charge in [0.15, 0.2) is 0 Å². The van der Waals surface area contributed by atoms with E-state index in [-0.39, 0.29) is 11.9 Å². The molecule has 82 valence electrons. The molecule has 0 bridgehead atoms. The molecule has 0 fully saturated rings. The molecule has 14 heavy (non-hydrogen) atoms. The zero-order chi connectivity index (χ0) is 10.8. The second-order valence-corrected chi connectivity index (χ2v) is 3.02. The first-order chi connectivity index (χ1) is 6.66. The van der Waals surface area contributed by atoms with E-state index in [0.717, 1.165) is 12.8 Å². The van der Waals surface area contributed by atoms with Crippen molar-refractivity contribution in [3.05, 3.63) is 0 Å². The van der Waals surface area contributed by atoms with Gasteiger partial charge in [0, 0.05) is 26.6 Å². The Morgan fingerprint density at radius 3 is 2.14 bits per heavy atom. The van der Waals surface area contributed by atoms with Crippen molar-refractivity contribution >= 4 is 11.9 Å². The van der Waals surface area contributed by atoms with Gasteiger partial charge in [0.25, 0.3) is 0 Å². The van der Waals surface area contributed by atoms with Gasteiger partial charge in [0.2, 0.25) is 5.91 Å². The Kier molecular flexibility index (Phi) is 7.59. The standard InChI is InChI=1S/C9H19N3O2/c1-3-5-11-9(14)12-7-4-6-10-8(2)13/h3-7H2,1-2H3,(H,10,13)(H2,11,12,14). The van der Waals surface area contributed by atoms with Crippen molar-refractivity contribution in [2.45, 2.75) is 26.7 Å². The smallest absolute Gasteiger partial charge is 0.314 e. The van der Waals surface area contributed by atoms with Gasteiger partial charge in [-0.05, 0) is 12.8 Å². The third kappa shape index (κ3) is 8.83. The number of hydrogen-bond acceptors (Lipinski definition) is 2. The van der Waals surface area contributed by atoms with Gasteiger partial charge in [0.1, 0.15) is 0 Å². The molecular weight excluding hydrogens is 182 g/mol. The van der Waals surface area contributed by atoms with Crippen molar-refractivity contribution in [2.24, 2.45) is 0 Å². The van der Waals surface area contributed by atoms with Crippen LogP contribution in [0.1, 0.15) is 26.7 Å². The van der Waals surface area contributed by atoms with Gasteiger partial charge >= 0.3 is 6.03 Å². The Hall–Kier alpha value is -1.26. The minimum Gasteiger partial charge on any atom is -0.356 e. The lowest BCUT2D eigenvalue weighted by Gasteiger charge is -2.06. The number of urea groups is 1. The summed E-state index contributed by atoms with van der Waals surface area (Å²) in [6.45, 7) is 5.34. The van der Waals surface area contributed by atoms with Gasteiger partial charge in [-0.3, -0.25) is 4.79 Å². The maximum atomic E-state index is 11.0. The highest BCUT2D eigenvalue weighted by molar-refractivity contribution is 5.73. The lowest BCUT2D eigenvalue weighted by Crippen LogP contribution is -2.37. The SMILES string of the molecule is CCCNC(=O)NCCCNC(C)=O. The summed E-state index contributed by atoms with van der Waals surface area (Å²) in [5.41, 5.74) is 0. The van der Waals surface area contributed by atoms with Gasteiger partial charge in [-0.25, -0.2) is 4.79 Å². The number of rotatable bonds is 6. The summed E-state index contributed by atoms with van der Waals surface area (Å²) < 4.78 is 0. The van der Waals surface area contributed by atoms with Crippen LogP contribution < -0.4 is 16.0 Å². The first kappa shape index (κ1) is 12.7. The summed E-state index contributed by atoms with van der Waals surface area (Å²) in [5, 5.41) is 8.04. The van der Waals surface area contributed by atoms with Crippen LogP contribution in [0.4, 0.5) is 4.79 Å². The number of carbonyl (C=O) groups is 2. The van der Waals surface area contributed by atoms with Crippen LogP contribution in [-0.2, 0) is 4.79 Å². The molecule has 0 aromatic rings. The third-order valence-electron chi connectivity index (χ3n) is 1.55. The number of nitrogens with one attached hydrogen (secondary N) is 3. The second-order valence-electron chi connectivity index (χ2n) is 3.02. The van der Waals surface area contributed by atoms with Crippen LogP contribution in [0.2, 0.25) is 0 Å². The van der Waals surface area contributed by atoms with Crippen molar-refractivity contribution in [1.29, 1.82) is 0 Å². The lowest BCUT2D eigenvalue weighted by atomic mass is 10.4. The van der Waals surface area contributed by atoms with E-state index in [9.17, 15) is 9.59 Å². The second kappa shape index (κ2) is 8.34. The molecule has 5 nitrogen and oxygen atoms in total. The van der Waals surface area contributed by atoms with Crippen LogP contribution in [0.3, 0.4) is 0 Å². The summed E-state index contributed by atoms with van der Waals surface area (Å²) >= 11 is 0. The third-order valence-corrected chi connectivity index (χ3v) is 1.55. The van der Waals surface area contributed by atoms with Crippen LogP contribution in [0.15, 0.2) is 0 Å². The Balaban J connectivity index is 3.19. The van der Waals surface area contributed by atoms with Crippen molar-refractivity contribution in [3.63, 3.8) is 0 Å². The maximum absolute atomic E-state index is 11.0. The Labute approximate surface area is 84.6 Å². The van der Waals surface area contributed by atoms with Gasteiger partial charge < -0.3 is 16.0 Å². The average Bonchev–Trinajstić information content (AvgIpc) is 2.13. The number of amides is 3. The van der Waals surface area contributed by atoms with E-state index in [2.05, 4.69) is 16.0 Å². The molecule has 0 aromatic carbocycles. The molecule has 3 N–H and O–H groups in total. The number of hydrogen-bond donors (Lipinski definition) is 3. The summed E-state index contributed by atoms with van der Waals surface area (Å²) in [6, 6.07) is -0.144. The summed E-state index contributed by atoms with van der Waals surface area (Å²) in [6.07, 6.45) is 1.68. The van der Waals surface area contributed by atoms with Gasteiger partial charge in [-0.2, -0.15) is 0 Å². The van der Waals surface area contributed by atoms with Crippen LogP contribution in [-0.4, -0.2) is 31.6 Å². The van der Waals surface area contributed by atoms with E-state index in [1.54, 1.807) is 0 Å².